The summed E-state index contributed by atoms with van der Waals surface area (Å²) in [7, 11) is 0. The fraction of sp³-hybridized carbons (Fsp3) is 0.786. The van der Waals surface area contributed by atoms with E-state index in [0.29, 0.717) is 11.8 Å². The van der Waals surface area contributed by atoms with Gasteiger partial charge < -0.3 is 0 Å². The van der Waals surface area contributed by atoms with Crippen LogP contribution in [0, 0.1) is 35.5 Å². The Kier molecular flexibility index (Phi) is 5.35. The summed E-state index contributed by atoms with van der Waals surface area (Å²) in [4.78, 5) is 0. The lowest BCUT2D eigenvalue weighted by molar-refractivity contribution is 0.343. The van der Waals surface area contributed by atoms with Gasteiger partial charge in [-0.3, -0.25) is 0 Å². The minimum absolute atomic E-state index is 0.693. The van der Waals surface area contributed by atoms with E-state index in [1.807, 2.05) is 22.3 Å². The highest BCUT2D eigenvalue weighted by molar-refractivity contribution is 5.58. The summed E-state index contributed by atoms with van der Waals surface area (Å²) in [5.41, 5.74) is 9.16. The number of hydrogen-bond donors (Lipinski definition) is 0. The van der Waals surface area contributed by atoms with Gasteiger partial charge in [0.05, 0.1) is 0 Å². The van der Waals surface area contributed by atoms with Gasteiger partial charge in [0.15, 0.2) is 0 Å². The molecule has 4 saturated carbocycles. The fourth-order valence-electron chi connectivity index (χ4n) is 7.31. The van der Waals surface area contributed by atoms with Gasteiger partial charge in [-0.05, 0) is 103 Å². The Morgan fingerprint density at radius 3 is 1.61 bits per heavy atom. The van der Waals surface area contributed by atoms with Gasteiger partial charge in [-0.25, -0.2) is 0 Å². The van der Waals surface area contributed by atoms with Crippen LogP contribution in [0.1, 0.15) is 104 Å². The van der Waals surface area contributed by atoms with Gasteiger partial charge in [0, 0.05) is 5.92 Å². The maximum absolute atomic E-state index is 4.88. The maximum Gasteiger partial charge on any atom is 0.00821 e. The molecule has 0 aromatic carbocycles. The van der Waals surface area contributed by atoms with Crippen molar-refractivity contribution in [3.05, 3.63) is 34.4 Å². The molecular formula is C28H42. The van der Waals surface area contributed by atoms with Crippen LogP contribution in [0.25, 0.3) is 0 Å². The van der Waals surface area contributed by atoms with Gasteiger partial charge >= 0.3 is 0 Å². The summed E-state index contributed by atoms with van der Waals surface area (Å²) in [6, 6.07) is 0. The van der Waals surface area contributed by atoms with Gasteiger partial charge in [0.2, 0.25) is 0 Å². The molecule has 154 valence electrons. The van der Waals surface area contributed by atoms with Gasteiger partial charge in [0.25, 0.3) is 0 Å². The third-order valence-electron chi connectivity index (χ3n) is 8.95. The summed E-state index contributed by atoms with van der Waals surface area (Å²) in [6.07, 6.45) is 20.4. The normalized spacial score (nSPS) is 31.2. The summed E-state index contributed by atoms with van der Waals surface area (Å²) >= 11 is 0. The zero-order valence-electron chi connectivity index (χ0n) is 18.6. The topological polar surface area (TPSA) is 0 Å². The molecule has 0 aliphatic heterocycles. The molecule has 0 nitrogen and oxygen atoms in total. The van der Waals surface area contributed by atoms with E-state index >= 15 is 0 Å². The molecule has 0 amide bonds. The van der Waals surface area contributed by atoms with E-state index in [1.165, 1.54) is 89.9 Å². The van der Waals surface area contributed by atoms with Gasteiger partial charge in [0.1, 0.15) is 0 Å². The van der Waals surface area contributed by atoms with Crippen molar-refractivity contribution in [2.24, 2.45) is 35.5 Å². The Labute approximate surface area is 173 Å². The molecule has 0 aromatic heterocycles. The summed E-state index contributed by atoms with van der Waals surface area (Å²) in [5, 5.41) is 0. The van der Waals surface area contributed by atoms with E-state index in [4.69, 9.17) is 6.58 Å². The molecule has 5 aliphatic carbocycles. The number of rotatable bonds is 5. The predicted octanol–water partition coefficient (Wildman–Crippen LogP) is 8.40. The highest BCUT2D eigenvalue weighted by atomic mass is 14.5. The first-order chi connectivity index (χ1) is 13.7. The van der Waals surface area contributed by atoms with Gasteiger partial charge in [-0.1, -0.05) is 64.5 Å². The van der Waals surface area contributed by atoms with Crippen molar-refractivity contribution in [2.45, 2.75) is 104 Å². The summed E-state index contributed by atoms with van der Waals surface area (Å²) < 4.78 is 0. The third kappa shape index (κ3) is 3.27. The van der Waals surface area contributed by atoms with E-state index < -0.39 is 0 Å². The van der Waals surface area contributed by atoms with E-state index in [9.17, 15) is 0 Å². The van der Waals surface area contributed by atoms with Crippen molar-refractivity contribution < 1.29 is 0 Å². The molecule has 0 spiro atoms. The van der Waals surface area contributed by atoms with Crippen molar-refractivity contribution in [2.75, 3.05) is 0 Å². The number of allylic oxidation sites excluding steroid dienone is 5. The maximum atomic E-state index is 4.88. The Morgan fingerprint density at radius 1 is 0.607 bits per heavy atom. The average Bonchev–Trinajstić information content (AvgIpc) is 3.35. The second kappa shape index (κ2) is 7.81. The smallest absolute Gasteiger partial charge is 0.00821 e. The van der Waals surface area contributed by atoms with Crippen LogP contribution in [0.4, 0.5) is 0 Å². The molecule has 0 aromatic rings. The fourth-order valence-corrected chi connectivity index (χ4v) is 7.31. The Bertz CT molecular complexity index is 667. The van der Waals surface area contributed by atoms with Crippen LogP contribution in [0.3, 0.4) is 0 Å². The van der Waals surface area contributed by atoms with Gasteiger partial charge in [-0.2, -0.15) is 0 Å². The first kappa shape index (κ1) is 19.2. The molecule has 0 radical (unpaired) electrons. The lowest BCUT2D eigenvalue weighted by Crippen LogP contribution is -2.32. The second-order valence-electron chi connectivity index (χ2n) is 11.1. The van der Waals surface area contributed by atoms with E-state index in [-0.39, 0.29) is 0 Å². The van der Waals surface area contributed by atoms with Crippen molar-refractivity contribution in [1.29, 1.82) is 0 Å². The highest BCUT2D eigenvalue weighted by Crippen LogP contribution is 2.59. The van der Waals surface area contributed by atoms with Crippen molar-refractivity contribution in [3.63, 3.8) is 0 Å². The van der Waals surface area contributed by atoms with Crippen molar-refractivity contribution >= 4 is 0 Å². The third-order valence-corrected chi connectivity index (χ3v) is 8.95. The Balaban J connectivity index is 1.69. The Hall–Kier alpha value is -0.780. The highest BCUT2D eigenvalue weighted by Gasteiger charge is 2.46. The molecule has 0 N–H and O–H groups in total. The quantitative estimate of drug-likeness (QED) is 0.450. The molecule has 0 heterocycles. The average molecular weight is 379 g/mol. The first-order valence-corrected chi connectivity index (χ1v) is 12.8. The zero-order chi connectivity index (χ0) is 19.3. The first-order valence-electron chi connectivity index (χ1n) is 12.8. The predicted molar refractivity (Wildman–Crippen MR) is 120 cm³/mol. The molecule has 5 rings (SSSR count). The second-order valence-corrected chi connectivity index (χ2v) is 11.1. The van der Waals surface area contributed by atoms with E-state index in [1.54, 1.807) is 5.57 Å². The van der Waals surface area contributed by atoms with Crippen molar-refractivity contribution in [3.8, 4) is 0 Å². The largest absolute Gasteiger partial charge is 0.0949 e. The van der Waals surface area contributed by atoms with E-state index in [2.05, 4.69) is 13.8 Å². The molecule has 5 aliphatic rings. The molecule has 0 saturated heterocycles. The van der Waals surface area contributed by atoms with Gasteiger partial charge in [-0.15, -0.1) is 0 Å². The molecule has 0 heteroatoms. The van der Waals surface area contributed by atoms with Crippen LogP contribution in [0.15, 0.2) is 34.4 Å². The summed E-state index contributed by atoms with van der Waals surface area (Å²) in [5.74, 6) is 4.90. The SMILES string of the molecule is C=C1C(C2CCC2)=C(C2CCCC2)C(C2CCCCC2)=C(C(C)C)C1C1CC1. The molecule has 1 unspecified atom stereocenters. The monoisotopic (exact) mass is 378 g/mol. The lowest BCUT2D eigenvalue weighted by atomic mass is 9.59. The molecule has 1 atom stereocenters. The minimum Gasteiger partial charge on any atom is -0.0949 e. The van der Waals surface area contributed by atoms with Crippen LogP contribution in [0.2, 0.25) is 0 Å². The molecule has 0 bridgehead atoms. The molecule has 28 heavy (non-hydrogen) atoms. The van der Waals surface area contributed by atoms with E-state index in [0.717, 1.165) is 23.7 Å². The summed E-state index contributed by atoms with van der Waals surface area (Å²) in [6.45, 7) is 9.89. The van der Waals surface area contributed by atoms with Crippen LogP contribution < -0.4 is 0 Å². The van der Waals surface area contributed by atoms with Crippen molar-refractivity contribution in [1.82, 2.24) is 0 Å². The zero-order valence-corrected chi connectivity index (χ0v) is 18.6. The Morgan fingerprint density at radius 2 is 1.11 bits per heavy atom. The van der Waals surface area contributed by atoms with Crippen LogP contribution in [0.5, 0.6) is 0 Å². The number of hydrogen-bond acceptors (Lipinski definition) is 0. The van der Waals surface area contributed by atoms with Crippen LogP contribution in [-0.4, -0.2) is 0 Å². The minimum atomic E-state index is 0.693. The molecule has 4 fully saturated rings. The molecular weight excluding hydrogens is 336 g/mol. The van der Waals surface area contributed by atoms with Crippen LogP contribution in [-0.2, 0) is 0 Å². The standard InChI is InChI=1S/C28H42/c1-18(2)24-25(23-16-17-23)19(3)26(20-14-9-15-20)28(22-12-7-8-13-22)27(24)21-10-5-4-6-11-21/h18,20-23,25H,3-17H2,1-2H3. The lowest BCUT2D eigenvalue weighted by Gasteiger charge is -2.45. The van der Waals surface area contributed by atoms with Crippen LogP contribution >= 0.6 is 0 Å².